The summed E-state index contributed by atoms with van der Waals surface area (Å²) in [5.74, 6) is -0.816. The van der Waals surface area contributed by atoms with Crippen molar-refractivity contribution >= 4 is 29.0 Å². The van der Waals surface area contributed by atoms with Crippen LogP contribution in [0.4, 0.5) is 5.69 Å². The first-order valence-corrected chi connectivity index (χ1v) is 11.5. The van der Waals surface area contributed by atoms with Gasteiger partial charge in [0.05, 0.1) is 12.1 Å². The fraction of sp³-hybridized carbons (Fsp3) is 0.143. The SMILES string of the molecule is O=C(C[C@@]1(O)C(=O)N(CCc2ccccc2)c2ccc(Cl)cc21)c1ccc(-n2cccc2)cc1. The van der Waals surface area contributed by atoms with Gasteiger partial charge >= 0.3 is 0 Å². The molecule has 1 amide bonds. The summed E-state index contributed by atoms with van der Waals surface area (Å²) in [6.07, 6.45) is 4.10. The van der Waals surface area contributed by atoms with E-state index in [0.717, 1.165) is 11.3 Å². The molecule has 1 aromatic heterocycles. The van der Waals surface area contributed by atoms with Gasteiger partial charge in [0, 0.05) is 40.8 Å². The molecule has 0 saturated heterocycles. The molecule has 2 heterocycles. The van der Waals surface area contributed by atoms with E-state index in [0.29, 0.717) is 34.8 Å². The summed E-state index contributed by atoms with van der Waals surface area (Å²) in [5.41, 5.74) is 1.43. The first kappa shape index (κ1) is 22.1. The molecule has 0 fully saturated rings. The van der Waals surface area contributed by atoms with Gasteiger partial charge in [-0.1, -0.05) is 41.9 Å². The lowest BCUT2D eigenvalue weighted by Crippen LogP contribution is -2.42. The van der Waals surface area contributed by atoms with Crippen molar-refractivity contribution in [1.82, 2.24) is 4.57 Å². The summed E-state index contributed by atoms with van der Waals surface area (Å²) in [5, 5.41) is 12.0. The van der Waals surface area contributed by atoms with Crippen molar-refractivity contribution in [1.29, 1.82) is 0 Å². The minimum absolute atomic E-state index is 0.314. The van der Waals surface area contributed by atoms with Crippen LogP contribution in [-0.2, 0) is 16.8 Å². The number of carbonyl (C=O) groups excluding carboxylic acids is 2. The van der Waals surface area contributed by atoms with Gasteiger partial charge < -0.3 is 14.6 Å². The number of amides is 1. The second-order valence-electron chi connectivity index (χ2n) is 8.45. The van der Waals surface area contributed by atoms with Gasteiger partial charge in [-0.2, -0.15) is 0 Å². The van der Waals surface area contributed by atoms with E-state index in [4.69, 9.17) is 11.6 Å². The van der Waals surface area contributed by atoms with Gasteiger partial charge in [0.25, 0.3) is 5.91 Å². The van der Waals surface area contributed by atoms with Gasteiger partial charge in [0.2, 0.25) is 0 Å². The molecule has 1 aliphatic heterocycles. The number of halogens is 1. The zero-order valence-corrected chi connectivity index (χ0v) is 19.2. The molecule has 1 atom stereocenters. The molecule has 1 aliphatic rings. The first-order chi connectivity index (χ1) is 16.5. The Kier molecular flexibility index (Phi) is 5.82. The average molecular weight is 471 g/mol. The second-order valence-corrected chi connectivity index (χ2v) is 8.89. The smallest absolute Gasteiger partial charge is 0.264 e. The van der Waals surface area contributed by atoms with Crippen molar-refractivity contribution in [2.24, 2.45) is 0 Å². The van der Waals surface area contributed by atoms with Crippen LogP contribution >= 0.6 is 11.6 Å². The summed E-state index contributed by atoms with van der Waals surface area (Å²) in [4.78, 5) is 28.2. The van der Waals surface area contributed by atoms with Crippen LogP contribution in [0.3, 0.4) is 0 Å². The lowest BCUT2D eigenvalue weighted by atomic mass is 9.88. The highest BCUT2D eigenvalue weighted by atomic mass is 35.5. The Morgan fingerprint density at radius 2 is 1.62 bits per heavy atom. The van der Waals surface area contributed by atoms with E-state index < -0.39 is 11.5 Å². The van der Waals surface area contributed by atoms with E-state index in [9.17, 15) is 14.7 Å². The number of ketones is 1. The summed E-state index contributed by atoms with van der Waals surface area (Å²) in [6, 6.07) is 25.8. The van der Waals surface area contributed by atoms with Gasteiger partial charge in [-0.3, -0.25) is 9.59 Å². The molecule has 0 unspecified atom stereocenters. The molecule has 0 bridgehead atoms. The molecule has 6 heteroatoms. The Bertz CT molecular complexity index is 1330. The van der Waals surface area contributed by atoms with Crippen molar-refractivity contribution < 1.29 is 14.7 Å². The van der Waals surface area contributed by atoms with E-state index in [-0.39, 0.29) is 12.2 Å². The highest BCUT2D eigenvalue weighted by Gasteiger charge is 2.50. The van der Waals surface area contributed by atoms with Crippen molar-refractivity contribution in [2.75, 3.05) is 11.4 Å². The molecule has 4 aromatic rings. The maximum absolute atomic E-state index is 13.5. The van der Waals surface area contributed by atoms with Crippen LogP contribution in [0.2, 0.25) is 5.02 Å². The molecule has 34 heavy (non-hydrogen) atoms. The van der Waals surface area contributed by atoms with E-state index >= 15 is 0 Å². The number of anilines is 1. The number of hydrogen-bond donors (Lipinski definition) is 1. The molecule has 0 spiro atoms. The summed E-state index contributed by atoms with van der Waals surface area (Å²) in [6.45, 7) is 0.388. The van der Waals surface area contributed by atoms with Crippen molar-refractivity contribution in [3.05, 3.63) is 119 Å². The zero-order valence-electron chi connectivity index (χ0n) is 18.4. The fourth-order valence-corrected chi connectivity index (χ4v) is 4.63. The quantitative estimate of drug-likeness (QED) is 0.378. The highest BCUT2D eigenvalue weighted by molar-refractivity contribution is 6.31. The van der Waals surface area contributed by atoms with Gasteiger partial charge in [0.1, 0.15) is 0 Å². The number of Topliss-reactive ketones (excluding diaryl/α,β-unsaturated/α-hetero) is 1. The Morgan fingerprint density at radius 3 is 2.32 bits per heavy atom. The molecule has 0 saturated carbocycles. The third kappa shape index (κ3) is 4.04. The zero-order chi connectivity index (χ0) is 23.7. The van der Waals surface area contributed by atoms with Gasteiger partial charge in [0.15, 0.2) is 11.4 Å². The maximum atomic E-state index is 13.5. The summed E-state index contributed by atoms with van der Waals surface area (Å²) in [7, 11) is 0. The summed E-state index contributed by atoms with van der Waals surface area (Å²) >= 11 is 6.21. The number of aliphatic hydroxyl groups is 1. The van der Waals surface area contributed by atoms with Gasteiger partial charge in [-0.25, -0.2) is 0 Å². The number of nitrogens with zero attached hydrogens (tertiary/aromatic N) is 2. The fourth-order valence-electron chi connectivity index (χ4n) is 4.46. The average Bonchev–Trinajstić information content (AvgIpc) is 3.46. The lowest BCUT2D eigenvalue weighted by molar-refractivity contribution is -0.135. The van der Waals surface area contributed by atoms with Crippen molar-refractivity contribution in [3.8, 4) is 5.69 Å². The molecule has 5 rings (SSSR count). The Morgan fingerprint density at radius 1 is 0.912 bits per heavy atom. The molecule has 0 radical (unpaired) electrons. The van der Waals surface area contributed by atoms with Crippen LogP contribution in [0.25, 0.3) is 5.69 Å². The minimum atomic E-state index is -1.97. The Hall–Kier alpha value is -3.67. The second kappa shape index (κ2) is 8.93. The largest absolute Gasteiger partial charge is 0.375 e. The number of carbonyl (C=O) groups is 2. The van der Waals surface area contributed by atoms with Gasteiger partial charge in [-0.15, -0.1) is 0 Å². The van der Waals surface area contributed by atoms with E-state index in [1.165, 1.54) is 0 Å². The van der Waals surface area contributed by atoms with E-state index in [1.54, 1.807) is 35.2 Å². The topological polar surface area (TPSA) is 62.5 Å². The van der Waals surface area contributed by atoms with Crippen LogP contribution < -0.4 is 4.90 Å². The molecular formula is C28H23ClN2O3. The molecule has 5 nitrogen and oxygen atoms in total. The van der Waals surface area contributed by atoms with Crippen LogP contribution in [0.15, 0.2) is 97.3 Å². The molecule has 1 N–H and O–H groups in total. The number of rotatable bonds is 7. The third-order valence-electron chi connectivity index (χ3n) is 6.27. The predicted molar refractivity (Wildman–Crippen MR) is 133 cm³/mol. The lowest BCUT2D eigenvalue weighted by Gasteiger charge is -2.23. The Labute approximate surface area is 202 Å². The molecule has 3 aromatic carbocycles. The predicted octanol–water partition coefficient (Wildman–Crippen LogP) is 5.18. The Balaban J connectivity index is 1.40. The summed E-state index contributed by atoms with van der Waals surface area (Å²) < 4.78 is 1.94. The molecule has 0 aliphatic carbocycles. The number of hydrogen-bond acceptors (Lipinski definition) is 3. The third-order valence-corrected chi connectivity index (χ3v) is 6.50. The number of aromatic nitrogens is 1. The molecular weight excluding hydrogens is 448 g/mol. The number of benzene rings is 3. The van der Waals surface area contributed by atoms with E-state index in [1.807, 2.05) is 71.6 Å². The highest BCUT2D eigenvalue weighted by Crippen LogP contribution is 2.44. The van der Waals surface area contributed by atoms with Crippen molar-refractivity contribution in [2.45, 2.75) is 18.4 Å². The van der Waals surface area contributed by atoms with Crippen LogP contribution in [0.5, 0.6) is 0 Å². The van der Waals surface area contributed by atoms with Crippen LogP contribution in [0, 0.1) is 0 Å². The van der Waals surface area contributed by atoms with Crippen LogP contribution in [0.1, 0.15) is 27.9 Å². The maximum Gasteiger partial charge on any atom is 0.264 e. The minimum Gasteiger partial charge on any atom is -0.375 e. The monoisotopic (exact) mass is 470 g/mol. The number of fused-ring (bicyclic) bond motifs is 1. The molecule has 170 valence electrons. The van der Waals surface area contributed by atoms with Crippen LogP contribution in [-0.4, -0.2) is 27.9 Å². The normalized spacial score (nSPS) is 17.1. The first-order valence-electron chi connectivity index (χ1n) is 11.1. The van der Waals surface area contributed by atoms with Crippen molar-refractivity contribution in [3.63, 3.8) is 0 Å². The standard InChI is InChI=1S/C28H23ClN2O3/c29-22-10-13-25-24(18-22)28(34,27(33)31(25)17-14-20-6-2-1-3-7-20)19-26(32)21-8-11-23(12-9-21)30-15-4-5-16-30/h1-13,15-16,18,34H,14,17,19H2/t28-/m0/s1. The van der Waals surface area contributed by atoms with Gasteiger partial charge in [-0.05, 0) is 66.6 Å². The van der Waals surface area contributed by atoms with E-state index in [2.05, 4.69) is 0 Å².